The van der Waals surface area contributed by atoms with Gasteiger partial charge in [0, 0.05) is 31.9 Å². The number of nitrogens with zero attached hydrogens (tertiary/aromatic N) is 6. The molecule has 3 aromatic heterocycles. The topological polar surface area (TPSA) is 110 Å². The van der Waals surface area contributed by atoms with Gasteiger partial charge in [0.15, 0.2) is 34.7 Å². The number of aryl methyl sites for hydroxylation is 1. The lowest BCUT2D eigenvalue weighted by molar-refractivity contribution is -0.126. The summed E-state index contributed by atoms with van der Waals surface area (Å²) in [4.78, 5) is 42.3. The van der Waals surface area contributed by atoms with Crippen molar-refractivity contribution < 1.29 is 26.7 Å². The minimum atomic E-state index is -2.20. The van der Waals surface area contributed by atoms with Crippen LogP contribution in [0.5, 0.6) is 0 Å². The fourth-order valence-corrected chi connectivity index (χ4v) is 5.47. The number of fused-ring (bicyclic) bond motifs is 1. The van der Waals surface area contributed by atoms with Gasteiger partial charge in [-0.1, -0.05) is 20.4 Å². The van der Waals surface area contributed by atoms with Crippen LogP contribution in [0, 0.1) is 36.0 Å². The van der Waals surface area contributed by atoms with E-state index in [2.05, 4.69) is 21.5 Å². The molecule has 0 spiro atoms. The number of carbonyl (C=O) groups excluding carboxylic acids is 1. The largest absolute Gasteiger partial charge is 0.396 e. The number of carbonyl (C=O) groups is 1. The number of amides is 1. The minimum absolute atomic E-state index is 0.00110. The van der Waals surface area contributed by atoms with E-state index in [9.17, 15) is 22.8 Å². The summed E-state index contributed by atoms with van der Waals surface area (Å²) in [6.45, 7) is 11.4. The number of aromatic nitrogens is 4. The molecule has 1 saturated heterocycles. The Morgan fingerprint density at radius 1 is 1.09 bits per heavy atom. The van der Waals surface area contributed by atoms with Crippen molar-refractivity contribution in [3.63, 3.8) is 0 Å². The average Bonchev–Trinajstić information content (AvgIpc) is 2.99. The Kier molecular flexibility index (Phi) is 7.87. The van der Waals surface area contributed by atoms with Crippen molar-refractivity contribution in [1.29, 1.82) is 0 Å². The molecule has 0 saturated carbocycles. The van der Waals surface area contributed by atoms with Crippen LogP contribution in [0.25, 0.3) is 28.0 Å². The van der Waals surface area contributed by atoms with E-state index in [0.717, 1.165) is 10.6 Å². The summed E-state index contributed by atoms with van der Waals surface area (Å²) in [6.07, 6.45) is 2.74. The Bertz CT molecular complexity index is 1880. The first-order chi connectivity index (χ1) is 20.8. The van der Waals surface area contributed by atoms with E-state index < -0.39 is 57.8 Å². The number of hydrogen-bond donors (Lipinski definition) is 1. The van der Waals surface area contributed by atoms with E-state index in [1.165, 1.54) is 6.08 Å². The number of benzene rings is 1. The Morgan fingerprint density at radius 3 is 2.41 bits per heavy atom. The van der Waals surface area contributed by atoms with Crippen molar-refractivity contribution in [3.8, 4) is 16.9 Å². The van der Waals surface area contributed by atoms with Gasteiger partial charge in [0.05, 0.1) is 28.0 Å². The van der Waals surface area contributed by atoms with Crippen LogP contribution in [-0.2, 0) is 4.79 Å². The molecule has 2 N–H and O–H groups in total. The van der Waals surface area contributed by atoms with E-state index in [4.69, 9.17) is 5.73 Å². The highest BCUT2D eigenvalue weighted by molar-refractivity contribution is 5.92. The Hall–Kier alpha value is -4.88. The number of nitrogens with two attached hydrogens (primary N) is 1. The second kappa shape index (κ2) is 11.3. The van der Waals surface area contributed by atoms with Crippen LogP contribution in [0.2, 0.25) is 0 Å². The van der Waals surface area contributed by atoms with E-state index in [1.807, 2.05) is 13.8 Å². The molecule has 1 atom stereocenters. The summed E-state index contributed by atoms with van der Waals surface area (Å²) in [5.41, 5.74) is 2.55. The number of halogens is 5. The Morgan fingerprint density at radius 2 is 1.77 bits per heavy atom. The van der Waals surface area contributed by atoms with Gasteiger partial charge in [0.2, 0.25) is 5.91 Å². The number of anilines is 2. The Balaban J connectivity index is 1.87. The number of nitrogen functional groups attached to an aromatic ring is 1. The zero-order chi connectivity index (χ0) is 32.2. The fourth-order valence-electron chi connectivity index (χ4n) is 5.47. The summed E-state index contributed by atoms with van der Waals surface area (Å²) in [5, 5.41) is 0.00110. The highest BCUT2D eigenvalue weighted by Crippen LogP contribution is 2.38. The van der Waals surface area contributed by atoms with Gasteiger partial charge >= 0.3 is 5.69 Å². The van der Waals surface area contributed by atoms with Crippen LogP contribution in [-0.4, -0.2) is 56.0 Å². The summed E-state index contributed by atoms with van der Waals surface area (Å²) < 4.78 is 74.7. The molecule has 1 aliphatic rings. The van der Waals surface area contributed by atoms with Crippen LogP contribution in [0.1, 0.15) is 37.9 Å². The number of pyridine rings is 2. The van der Waals surface area contributed by atoms with Gasteiger partial charge in [0.1, 0.15) is 11.5 Å². The van der Waals surface area contributed by atoms with Crippen LogP contribution < -0.4 is 16.3 Å². The lowest BCUT2D eigenvalue weighted by atomic mass is 10.0. The SMILES string of the molecule is C=CC(=O)N1CCN(c2nc(=O)n(-c3c(C)ccnc3C(C)C)c3nc(-c4c(N)c(F)c(F)c(F)c4F)c(F)cc23)C(C)C1. The van der Waals surface area contributed by atoms with Gasteiger partial charge in [-0.15, -0.1) is 0 Å². The minimum Gasteiger partial charge on any atom is -0.396 e. The highest BCUT2D eigenvalue weighted by Gasteiger charge is 2.32. The van der Waals surface area contributed by atoms with Crippen molar-refractivity contribution in [2.24, 2.45) is 0 Å². The summed E-state index contributed by atoms with van der Waals surface area (Å²) in [6, 6.07) is 2.14. The lowest BCUT2D eigenvalue weighted by Gasteiger charge is -2.40. The normalized spacial score (nSPS) is 15.4. The van der Waals surface area contributed by atoms with Crippen molar-refractivity contribution in [2.45, 2.75) is 39.7 Å². The van der Waals surface area contributed by atoms with Crippen LogP contribution in [0.3, 0.4) is 0 Å². The molecule has 44 heavy (non-hydrogen) atoms. The molecule has 0 bridgehead atoms. The molecule has 1 aliphatic heterocycles. The third-order valence-electron chi connectivity index (χ3n) is 7.65. The molecule has 4 heterocycles. The van der Waals surface area contributed by atoms with Gasteiger partial charge in [-0.2, -0.15) is 4.98 Å². The monoisotopic (exact) mass is 613 g/mol. The molecule has 230 valence electrons. The third kappa shape index (κ3) is 4.83. The first kappa shape index (κ1) is 30.6. The maximum absolute atomic E-state index is 15.9. The highest BCUT2D eigenvalue weighted by atomic mass is 19.2. The quantitative estimate of drug-likeness (QED) is 0.114. The summed E-state index contributed by atoms with van der Waals surface area (Å²) in [5.74, 6) is -9.97. The molecule has 1 amide bonds. The molecule has 0 radical (unpaired) electrons. The van der Waals surface area contributed by atoms with Gasteiger partial charge < -0.3 is 15.5 Å². The number of rotatable bonds is 5. The molecule has 5 rings (SSSR count). The molecule has 9 nitrogen and oxygen atoms in total. The van der Waals surface area contributed by atoms with E-state index in [-0.39, 0.29) is 54.0 Å². The molecule has 0 aliphatic carbocycles. The van der Waals surface area contributed by atoms with Crippen molar-refractivity contribution >= 4 is 28.4 Å². The first-order valence-corrected chi connectivity index (χ1v) is 13.7. The zero-order valence-electron chi connectivity index (χ0n) is 24.3. The Labute approximate surface area is 248 Å². The standard InChI is InChI=1S/C30H28F5N7O2/c1-6-18(43)40-9-10-41(15(5)12-40)28-16-11-17(31)26(19-20(32)21(33)22(34)23(35)24(19)36)38-29(16)42(30(44)39-28)27-14(4)7-8-37-25(27)13(2)3/h6-8,11,13,15H,1,9-10,12,36H2,2-5H3. The molecular weight excluding hydrogens is 585 g/mol. The molecular formula is C30H28F5N7O2. The van der Waals surface area contributed by atoms with Crippen molar-refractivity contribution in [1.82, 2.24) is 24.4 Å². The summed E-state index contributed by atoms with van der Waals surface area (Å²) >= 11 is 0. The van der Waals surface area contributed by atoms with Crippen LogP contribution in [0.15, 0.2) is 35.8 Å². The van der Waals surface area contributed by atoms with E-state index in [1.54, 1.807) is 35.9 Å². The zero-order valence-corrected chi connectivity index (χ0v) is 24.3. The maximum Gasteiger partial charge on any atom is 0.355 e. The van der Waals surface area contributed by atoms with E-state index >= 15 is 8.78 Å². The van der Waals surface area contributed by atoms with Gasteiger partial charge in [0.25, 0.3) is 0 Å². The predicted molar refractivity (Wildman–Crippen MR) is 155 cm³/mol. The number of hydrogen-bond acceptors (Lipinski definition) is 7. The molecule has 1 unspecified atom stereocenters. The van der Waals surface area contributed by atoms with Gasteiger partial charge in [-0.3, -0.25) is 9.78 Å². The molecule has 14 heteroatoms. The van der Waals surface area contributed by atoms with Gasteiger partial charge in [-0.05, 0) is 43.5 Å². The molecule has 4 aromatic rings. The van der Waals surface area contributed by atoms with Crippen molar-refractivity contribution in [3.05, 3.63) is 81.8 Å². The number of piperazine rings is 1. The van der Waals surface area contributed by atoms with E-state index in [0.29, 0.717) is 11.3 Å². The van der Waals surface area contributed by atoms with Crippen LogP contribution >= 0.6 is 0 Å². The van der Waals surface area contributed by atoms with Gasteiger partial charge in [-0.25, -0.2) is 36.3 Å². The summed E-state index contributed by atoms with van der Waals surface area (Å²) in [7, 11) is 0. The predicted octanol–water partition coefficient (Wildman–Crippen LogP) is 4.78. The van der Waals surface area contributed by atoms with Crippen molar-refractivity contribution in [2.75, 3.05) is 30.3 Å². The third-order valence-corrected chi connectivity index (χ3v) is 7.65. The second-order valence-electron chi connectivity index (χ2n) is 10.8. The maximum atomic E-state index is 15.9. The second-order valence-corrected chi connectivity index (χ2v) is 10.8. The fraction of sp³-hybridized carbons (Fsp3) is 0.300. The first-order valence-electron chi connectivity index (χ1n) is 13.7. The smallest absolute Gasteiger partial charge is 0.355 e. The molecule has 1 fully saturated rings. The van der Waals surface area contributed by atoms with Crippen LogP contribution in [0.4, 0.5) is 33.5 Å². The average molecular weight is 614 g/mol. The molecule has 1 aromatic carbocycles. The lowest BCUT2D eigenvalue weighted by Crippen LogP contribution is -2.54.